The van der Waals surface area contributed by atoms with Crippen molar-refractivity contribution in [2.75, 3.05) is 6.26 Å². The van der Waals surface area contributed by atoms with Gasteiger partial charge < -0.3 is 0 Å². The number of rotatable bonds is 2. The van der Waals surface area contributed by atoms with Crippen molar-refractivity contribution in [3.63, 3.8) is 0 Å². The van der Waals surface area contributed by atoms with Crippen LogP contribution in [0.1, 0.15) is 0 Å². The molecule has 0 saturated carbocycles. The summed E-state index contributed by atoms with van der Waals surface area (Å²) in [5, 5.41) is 0.693. The van der Waals surface area contributed by atoms with Crippen molar-refractivity contribution in [1.29, 1.82) is 0 Å². The van der Waals surface area contributed by atoms with Crippen LogP contribution in [0.4, 0.5) is 0 Å². The summed E-state index contributed by atoms with van der Waals surface area (Å²) in [5.41, 5.74) is 0.987. The maximum Gasteiger partial charge on any atom is 0.202 e. The van der Waals surface area contributed by atoms with E-state index in [-0.39, 0.29) is 0 Å². The molecule has 0 fully saturated rings. The van der Waals surface area contributed by atoms with E-state index in [1.165, 1.54) is 11.8 Å². The fourth-order valence-corrected chi connectivity index (χ4v) is 1.37. The first-order valence-electron chi connectivity index (χ1n) is 4.11. The molecule has 2 rings (SSSR count). The number of benzene rings is 1. The van der Waals surface area contributed by atoms with Gasteiger partial charge in [0.25, 0.3) is 0 Å². The Kier molecular flexibility index (Phi) is 2.74. The maximum absolute atomic E-state index is 4.27. The zero-order valence-electron chi connectivity index (χ0n) is 7.64. The van der Waals surface area contributed by atoms with Gasteiger partial charge in [-0.25, -0.2) is 9.97 Å². The zero-order chi connectivity index (χ0) is 9.80. The molecule has 69 valence electrons. The third-order valence-electron chi connectivity index (χ3n) is 1.72. The molecule has 0 aliphatic rings. The van der Waals surface area contributed by atoms with E-state index >= 15 is 0 Å². The number of hydrogen-bond donors (Lipinski definition) is 0. The van der Waals surface area contributed by atoms with Gasteiger partial charge in [-0.15, -0.1) is 0 Å². The van der Waals surface area contributed by atoms with Gasteiger partial charge in [0.15, 0.2) is 11.0 Å². The Morgan fingerprint density at radius 1 is 1.14 bits per heavy atom. The standard InChI is InChI=1S/C10H8N3S/c1-14-10-12-7-11-9(13-10)8-5-3-2-4-6-8/h2-6H,1H3. The van der Waals surface area contributed by atoms with E-state index in [4.69, 9.17) is 0 Å². The quantitative estimate of drug-likeness (QED) is 0.699. The third-order valence-corrected chi connectivity index (χ3v) is 2.27. The van der Waals surface area contributed by atoms with Crippen LogP contribution >= 0.6 is 11.8 Å². The molecular weight excluding hydrogens is 194 g/mol. The lowest BCUT2D eigenvalue weighted by atomic mass is 10.2. The van der Waals surface area contributed by atoms with Crippen LogP contribution in [0.5, 0.6) is 0 Å². The lowest BCUT2D eigenvalue weighted by Gasteiger charge is -1.99. The van der Waals surface area contributed by atoms with Crippen LogP contribution in [-0.4, -0.2) is 21.2 Å². The molecule has 0 saturated heterocycles. The van der Waals surface area contributed by atoms with Crippen molar-refractivity contribution in [3.05, 3.63) is 36.7 Å². The van der Waals surface area contributed by atoms with Crippen LogP contribution in [0.3, 0.4) is 0 Å². The summed E-state index contributed by atoms with van der Waals surface area (Å²) in [4.78, 5) is 12.2. The van der Waals surface area contributed by atoms with Crippen molar-refractivity contribution < 1.29 is 0 Å². The molecule has 3 nitrogen and oxygen atoms in total. The van der Waals surface area contributed by atoms with Crippen molar-refractivity contribution in [3.8, 4) is 11.4 Å². The van der Waals surface area contributed by atoms with E-state index in [1.54, 1.807) is 0 Å². The molecule has 1 radical (unpaired) electrons. The van der Waals surface area contributed by atoms with Gasteiger partial charge in [0, 0.05) is 5.56 Å². The Balaban J connectivity index is 2.42. The number of thioether (sulfide) groups is 1. The Morgan fingerprint density at radius 2 is 1.93 bits per heavy atom. The Morgan fingerprint density at radius 3 is 2.64 bits per heavy atom. The normalized spacial score (nSPS) is 10.1. The second kappa shape index (κ2) is 4.19. The topological polar surface area (TPSA) is 38.7 Å². The van der Waals surface area contributed by atoms with Crippen LogP contribution in [0, 0.1) is 6.33 Å². The van der Waals surface area contributed by atoms with E-state index in [0.717, 1.165) is 5.56 Å². The number of hydrogen-bond acceptors (Lipinski definition) is 4. The highest BCUT2D eigenvalue weighted by atomic mass is 32.2. The maximum atomic E-state index is 4.27. The van der Waals surface area contributed by atoms with Crippen molar-refractivity contribution in [1.82, 2.24) is 15.0 Å². The van der Waals surface area contributed by atoms with Crippen molar-refractivity contribution >= 4 is 11.8 Å². The second-order valence-electron chi connectivity index (χ2n) is 2.61. The minimum Gasteiger partial charge on any atom is -0.205 e. The Hall–Kier alpha value is -1.42. The summed E-state index contributed by atoms with van der Waals surface area (Å²) in [7, 11) is 0. The molecule has 0 N–H and O–H groups in total. The van der Waals surface area contributed by atoms with E-state index in [2.05, 4.69) is 21.3 Å². The smallest absolute Gasteiger partial charge is 0.202 e. The average molecular weight is 202 g/mol. The van der Waals surface area contributed by atoms with E-state index in [0.29, 0.717) is 11.0 Å². The molecule has 0 spiro atoms. The third kappa shape index (κ3) is 1.90. The number of aromatic nitrogens is 3. The van der Waals surface area contributed by atoms with Gasteiger partial charge in [-0.3, -0.25) is 0 Å². The van der Waals surface area contributed by atoms with Crippen LogP contribution in [0.15, 0.2) is 35.5 Å². The molecule has 0 aliphatic heterocycles. The van der Waals surface area contributed by atoms with E-state index < -0.39 is 0 Å². The van der Waals surface area contributed by atoms with Crippen LogP contribution in [0.2, 0.25) is 0 Å². The van der Waals surface area contributed by atoms with Crippen LogP contribution in [-0.2, 0) is 0 Å². The highest BCUT2D eigenvalue weighted by molar-refractivity contribution is 7.98. The summed E-state index contributed by atoms with van der Waals surface area (Å²) < 4.78 is 0. The molecule has 1 heterocycles. The largest absolute Gasteiger partial charge is 0.205 e. The van der Waals surface area contributed by atoms with E-state index in [1.807, 2.05) is 36.6 Å². The highest BCUT2D eigenvalue weighted by Crippen LogP contribution is 2.15. The molecule has 0 atom stereocenters. The zero-order valence-corrected chi connectivity index (χ0v) is 8.45. The SMILES string of the molecule is CSc1n[c]nc(-c2ccccc2)n1. The summed E-state index contributed by atoms with van der Waals surface area (Å²) in [6, 6.07) is 9.81. The van der Waals surface area contributed by atoms with Crippen LogP contribution in [0.25, 0.3) is 11.4 Å². The Bertz CT molecular complexity index is 417. The molecule has 0 unspecified atom stereocenters. The van der Waals surface area contributed by atoms with Gasteiger partial charge >= 0.3 is 0 Å². The predicted molar refractivity (Wildman–Crippen MR) is 55.9 cm³/mol. The molecule has 0 amide bonds. The lowest BCUT2D eigenvalue weighted by molar-refractivity contribution is 0.905. The molecular formula is C10H8N3S. The fourth-order valence-electron chi connectivity index (χ4n) is 1.06. The van der Waals surface area contributed by atoms with Gasteiger partial charge in [0.05, 0.1) is 0 Å². The lowest BCUT2D eigenvalue weighted by Crippen LogP contribution is -1.93. The highest BCUT2D eigenvalue weighted by Gasteiger charge is 2.01. The van der Waals surface area contributed by atoms with Gasteiger partial charge in [0.2, 0.25) is 6.33 Å². The van der Waals surface area contributed by atoms with Gasteiger partial charge in [0.1, 0.15) is 0 Å². The minimum absolute atomic E-state index is 0.671. The van der Waals surface area contributed by atoms with E-state index in [9.17, 15) is 0 Å². The van der Waals surface area contributed by atoms with Crippen molar-refractivity contribution in [2.24, 2.45) is 0 Å². The first kappa shape index (κ1) is 9.15. The minimum atomic E-state index is 0.671. The van der Waals surface area contributed by atoms with Crippen LogP contribution < -0.4 is 0 Å². The monoisotopic (exact) mass is 202 g/mol. The first-order valence-corrected chi connectivity index (χ1v) is 5.34. The average Bonchev–Trinajstić information content (AvgIpc) is 2.30. The van der Waals surface area contributed by atoms with Crippen molar-refractivity contribution in [2.45, 2.75) is 5.16 Å². The fraction of sp³-hybridized carbons (Fsp3) is 0.100. The molecule has 14 heavy (non-hydrogen) atoms. The summed E-state index contributed by atoms with van der Waals surface area (Å²) >= 11 is 1.48. The van der Waals surface area contributed by atoms with Gasteiger partial charge in [-0.2, -0.15) is 4.98 Å². The van der Waals surface area contributed by atoms with Gasteiger partial charge in [-0.1, -0.05) is 42.1 Å². The predicted octanol–water partition coefficient (Wildman–Crippen LogP) is 2.06. The summed E-state index contributed by atoms with van der Waals surface area (Å²) in [6.07, 6.45) is 4.52. The Labute approximate surface area is 86.6 Å². The molecule has 1 aromatic carbocycles. The molecule has 0 aliphatic carbocycles. The first-order chi connectivity index (χ1) is 6.90. The summed E-state index contributed by atoms with van der Waals surface area (Å²) in [5.74, 6) is 0.671. The summed E-state index contributed by atoms with van der Waals surface area (Å²) in [6.45, 7) is 0. The molecule has 0 bridgehead atoms. The molecule has 2 aromatic rings. The molecule has 4 heteroatoms. The second-order valence-corrected chi connectivity index (χ2v) is 3.39. The van der Waals surface area contributed by atoms with Gasteiger partial charge in [-0.05, 0) is 6.26 Å². The molecule has 1 aromatic heterocycles. The number of nitrogens with zero attached hydrogens (tertiary/aromatic N) is 3.